The van der Waals surface area contributed by atoms with Gasteiger partial charge in [-0.25, -0.2) is 0 Å². The van der Waals surface area contributed by atoms with Crippen LogP contribution >= 0.6 is 15.9 Å². The molecule has 0 bridgehead atoms. The molecule has 0 aliphatic heterocycles. The molecule has 0 radical (unpaired) electrons. The molecule has 0 fully saturated rings. The molecule has 17 heavy (non-hydrogen) atoms. The van der Waals surface area contributed by atoms with Crippen LogP contribution in [0.2, 0.25) is 0 Å². The molecule has 1 amide bonds. The first-order valence-electron chi connectivity index (χ1n) is 5.18. The van der Waals surface area contributed by atoms with Gasteiger partial charge >= 0.3 is 0 Å². The number of aliphatic hydroxyl groups is 1. The zero-order valence-corrected chi connectivity index (χ0v) is 11.2. The van der Waals surface area contributed by atoms with Gasteiger partial charge in [-0.3, -0.25) is 9.78 Å². The van der Waals surface area contributed by atoms with Crippen molar-refractivity contribution in [1.29, 1.82) is 0 Å². The third kappa shape index (κ3) is 4.41. The number of carbonyl (C=O) groups excluding carboxylic acids is 1. The number of hydrogen-bond acceptors (Lipinski definition) is 4. The summed E-state index contributed by atoms with van der Waals surface area (Å²) in [6, 6.07) is 1.70. The number of rotatable bonds is 6. The number of methoxy groups -OCH3 is 1. The lowest BCUT2D eigenvalue weighted by molar-refractivity contribution is 0.0656. The van der Waals surface area contributed by atoms with Crippen LogP contribution in [-0.4, -0.2) is 54.3 Å². The standard InChI is InChI=1S/C11H15BrN2O3/c1-17-5-3-14(2-4-15)11(16)9-6-10(12)8-13-7-9/h6-8,15H,2-5H2,1H3. The third-order valence-corrected chi connectivity index (χ3v) is 2.61. The second-order valence-corrected chi connectivity index (χ2v) is 4.32. The number of hydrogen-bond donors (Lipinski definition) is 1. The van der Waals surface area contributed by atoms with Crippen molar-refractivity contribution in [2.45, 2.75) is 0 Å². The van der Waals surface area contributed by atoms with E-state index in [1.54, 1.807) is 19.4 Å². The molecule has 6 heteroatoms. The van der Waals surface area contributed by atoms with E-state index in [-0.39, 0.29) is 19.1 Å². The van der Waals surface area contributed by atoms with Gasteiger partial charge < -0.3 is 14.7 Å². The number of nitrogens with zero attached hydrogens (tertiary/aromatic N) is 2. The Kier molecular flexibility index (Phi) is 6.10. The predicted molar refractivity (Wildman–Crippen MR) is 66.8 cm³/mol. The van der Waals surface area contributed by atoms with Crippen LogP contribution in [0.5, 0.6) is 0 Å². The molecule has 1 rings (SSSR count). The normalized spacial score (nSPS) is 10.3. The fourth-order valence-electron chi connectivity index (χ4n) is 1.35. The number of aliphatic hydroxyl groups excluding tert-OH is 1. The molecule has 94 valence electrons. The Balaban J connectivity index is 2.76. The summed E-state index contributed by atoms with van der Waals surface area (Å²) in [7, 11) is 1.57. The van der Waals surface area contributed by atoms with E-state index in [2.05, 4.69) is 20.9 Å². The van der Waals surface area contributed by atoms with Crippen LogP contribution in [0.1, 0.15) is 10.4 Å². The number of amides is 1. The Bertz CT molecular complexity index is 373. The van der Waals surface area contributed by atoms with Crippen molar-refractivity contribution in [3.63, 3.8) is 0 Å². The van der Waals surface area contributed by atoms with E-state index in [0.717, 1.165) is 4.47 Å². The van der Waals surface area contributed by atoms with Crippen molar-refractivity contribution in [2.75, 3.05) is 33.4 Å². The highest BCUT2D eigenvalue weighted by atomic mass is 79.9. The van der Waals surface area contributed by atoms with Gasteiger partial charge in [0.15, 0.2) is 0 Å². The van der Waals surface area contributed by atoms with Gasteiger partial charge in [0.2, 0.25) is 0 Å². The SMILES string of the molecule is COCCN(CCO)C(=O)c1cncc(Br)c1. The van der Waals surface area contributed by atoms with Crippen LogP contribution in [0.25, 0.3) is 0 Å². The lowest BCUT2D eigenvalue weighted by atomic mass is 10.2. The Morgan fingerprint density at radius 3 is 2.88 bits per heavy atom. The van der Waals surface area contributed by atoms with Gasteiger partial charge in [0.05, 0.1) is 18.8 Å². The molecule has 1 heterocycles. The first kappa shape index (κ1) is 14.1. The minimum atomic E-state index is -0.162. The van der Waals surface area contributed by atoms with Crippen LogP contribution in [0.15, 0.2) is 22.9 Å². The second-order valence-electron chi connectivity index (χ2n) is 3.40. The Morgan fingerprint density at radius 1 is 1.53 bits per heavy atom. The highest BCUT2D eigenvalue weighted by Crippen LogP contribution is 2.11. The summed E-state index contributed by atoms with van der Waals surface area (Å²) in [6.45, 7) is 1.10. The molecule has 0 aromatic carbocycles. The lowest BCUT2D eigenvalue weighted by Gasteiger charge is -2.21. The van der Waals surface area contributed by atoms with E-state index < -0.39 is 0 Å². The minimum Gasteiger partial charge on any atom is -0.395 e. The molecule has 1 aromatic rings. The molecule has 0 saturated heterocycles. The number of aromatic nitrogens is 1. The van der Waals surface area contributed by atoms with Crippen molar-refractivity contribution in [1.82, 2.24) is 9.88 Å². The average molecular weight is 303 g/mol. The zero-order valence-electron chi connectivity index (χ0n) is 9.60. The molecular weight excluding hydrogens is 288 g/mol. The van der Waals surface area contributed by atoms with E-state index in [4.69, 9.17) is 9.84 Å². The fourth-order valence-corrected chi connectivity index (χ4v) is 1.71. The molecule has 1 N–H and O–H groups in total. The maximum Gasteiger partial charge on any atom is 0.255 e. The van der Waals surface area contributed by atoms with Crippen LogP contribution in [0.4, 0.5) is 0 Å². The fraction of sp³-hybridized carbons (Fsp3) is 0.455. The van der Waals surface area contributed by atoms with Crippen LogP contribution in [0, 0.1) is 0 Å². The Labute approximate surface area is 109 Å². The summed E-state index contributed by atoms with van der Waals surface area (Å²) >= 11 is 3.26. The Morgan fingerprint density at radius 2 is 2.29 bits per heavy atom. The number of halogens is 1. The minimum absolute atomic E-state index is 0.0725. The largest absolute Gasteiger partial charge is 0.395 e. The lowest BCUT2D eigenvalue weighted by Crippen LogP contribution is -2.36. The number of carbonyl (C=O) groups is 1. The average Bonchev–Trinajstić information content (AvgIpc) is 2.33. The number of ether oxygens (including phenoxy) is 1. The van der Waals surface area contributed by atoms with E-state index in [9.17, 15) is 4.79 Å². The molecule has 0 saturated carbocycles. The molecule has 1 aromatic heterocycles. The van der Waals surface area contributed by atoms with Crippen LogP contribution in [-0.2, 0) is 4.74 Å². The van der Waals surface area contributed by atoms with E-state index in [1.807, 2.05) is 0 Å². The zero-order chi connectivity index (χ0) is 12.7. The van der Waals surface area contributed by atoms with Crippen molar-refractivity contribution in [3.8, 4) is 0 Å². The van der Waals surface area contributed by atoms with E-state index >= 15 is 0 Å². The summed E-state index contributed by atoms with van der Waals surface area (Å²) in [6.07, 6.45) is 3.12. The first-order chi connectivity index (χ1) is 8.19. The maximum atomic E-state index is 12.1. The highest BCUT2D eigenvalue weighted by molar-refractivity contribution is 9.10. The predicted octanol–water partition coefficient (Wildman–Crippen LogP) is 0.925. The van der Waals surface area contributed by atoms with Crippen LogP contribution < -0.4 is 0 Å². The quantitative estimate of drug-likeness (QED) is 0.849. The highest BCUT2D eigenvalue weighted by Gasteiger charge is 2.15. The van der Waals surface area contributed by atoms with Crippen molar-refractivity contribution in [3.05, 3.63) is 28.5 Å². The molecule has 0 spiro atoms. The monoisotopic (exact) mass is 302 g/mol. The number of pyridine rings is 1. The van der Waals surface area contributed by atoms with Gasteiger partial charge in [-0.2, -0.15) is 0 Å². The summed E-state index contributed by atoms with van der Waals surface area (Å²) < 4.78 is 5.68. The van der Waals surface area contributed by atoms with Gasteiger partial charge in [-0.05, 0) is 22.0 Å². The smallest absolute Gasteiger partial charge is 0.255 e. The van der Waals surface area contributed by atoms with Crippen molar-refractivity contribution >= 4 is 21.8 Å². The molecule has 0 unspecified atom stereocenters. The van der Waals surface area contributed by atoms with Gasteiger partial charge in [-0.15, -0.1) is 0 Å². The van der Waals surface area contributed by atoms with E-state index in [1.165, 1.54) is 11.1 Å². The summed E-state index contributed by atoms with van der Waals surface area (Å²) in [5, 5.41) is 8.93. The second kappa shape index (κ2) is 7.37. The van der Waals surface area contributed by atoms with Crippen LogP contribution in [0.3, 0.4) is 0 Å². The molecule has 0 atom stereocenters. The summed E-state index contributed by atoms with van der Waals surface area (Å²) in [5.74, 6) is -0.162. The third-order valence-electron chi connectivity index (χ3n) is 2.17. The maximum absolute atomic E-state index is 12.1. The van der Waals surface area contributed by atoms with Gasteiger partial charge in [0.1, 0.15) is 0 Å². The van der Waals surface area contributed by atoms with Gasteiger partial charge in [0.25, 0.3) is 5.91 Å². The molecule has 0 aliphatic rings. The van der Waals surface area contributed by atoms with Gasteiger partial charge in [-0.1, -0.05) is 0 Å². The van der Waals surface area contributed by atoms with Gasteiger partial charge in [0, 0.05) is 37.1 Å². The topological polar surface area (TPSA) is 62.7 Å². The molecule has 5 nitrogen and oxygen atoms in total. The van der Waals surface area contributed by atoms with E-state index in [0.29, 0.717) is 18.7 Å². The Hall–Kier alpha value is -0.980. The molecular formula is C11H15BrN2O3. The van der Waals surface area contributed by atoms with Crippen molar-refractivity contribution in [2.24, 2.45) is 0 Å². The summed E-state index contributed by atoms with van der Waals surface area (Å²) in [4.78, 5) is 17.6. The van der Waals surface area contributed by atoms with Crippen molar-refractivity contribution < 1.29 is 14.6 Å². The first-order valence-corrected chi connectivity index (χ1v) is 5.98. The summed E-state index contributed by atoms with van der Waals surface area (Å²) in [5.41, 5.74) is 0.490. The molecule has 0 aliphatic carbocycles.